The van der Waals surface area contributed by atoms with E-state index in [4.69, 9.17) is 9.47 Å². The van der Waals surface area contributed by atoms with Crippen LogP contribution in [0.4, 0.5) is 10.6 Å². The molecule has 1 aliphatic rings. The Morgan fingerprint density at radius 2 is 1.85 bits per heavy atom. The fraction of sp³-hybridized carbons (Fsp3) is 0.611. The number of hydrogen-bond donors (Lipinski definition) is 2. The third kappa shape index (κ3) is 6.93. The van der Waals surface area contributed by atoms with E-state index < -0.39 is 11.7 Å². The normalized spacial score (nSPS) is 15.2. The number of methoxy groups -OCH3 is 1. The number of ether oxygens (including phenoxy) is 2. The van der Waals surface area contributed by atoms with Crippen molar-refractivity contribution < 1.29 is 19.1 Å². The molecule has 0 aromatic carbocycles. The second kappa shape index (κ2) is 8.90. The number of nitrogens with zero attached hydrogens (tertiary/aromatic N) is 3. The molecule has 2 rings (SSSR count). The maximum atomic E-state index is 11.8. The van der Waals surface area contributed by atoms with Crippen molar-refractivity contribution in [3.63, 3.8) is 0 Å². The van der Waals surface area contributed by atoms with Crippen LogP contribution < -0.4 is 15.6 Å². The van der Waals surface area contributed by atoms with E-state index in [1.165, 1.54) is 0 Å². The van der Waals surface area contributed by atoms with Gasteiger partial charge in [-0.15, -0.1) is 0 Å². The Bertz CT molecular complexity index is 666. The molecular formula is C18H29N5O4. The topological polar surface area (TPSA) is 96.0 Å². The number of hydrogen-bond acceptors (Lipinski definition) is 7. The van der Waals surface area contributed by atoms with Gasteiger partial charge >= 0.3 is 6.09 Å². The number of aromatic nitrogens is 1. The van der Waals surface area contributed by atoms with Crippen molar-refractivity contribution in [2.24, 2.45) is 0 Å². The average Bonchev–Trinajstić information content (AvgIpc) is 2.59. The molecule has 2 N–H and O–H groups in total. The van der Waals surface area contributed by atoms with Crippen molar-refractivity contribution in [2.75, 3.05) is 38.7 Å². The summed E-state index contributed by atoms with van der Waals surface area (Å²) >= 11 is 0. The molecule has 1 aliphatic heterocycles. The number of rotatable bonds is 5. The molecule has 9 nitrogen and oxygen atoms in total. The van der Waals surface area contributed by atoms with E-state index in [9.17, 15) is 9.59 Å². The maximum Gasteiger partial charge on any atom is 0.426 e. The van der Waals surface area contributed by atoms with Crippen molar-refractivity contribution in [2.45, 2.75) is 39.8 Å². The van der Waals surface area contributed by atoms with Crippen molar-refractivity contribution in [3.8, 4) is 5.88 Å². The molecule has 0 atom stereocenters. The minimum atomic E-state index is -0.589. The molecule has 1 fully saturated rings. The number of amides is 2. The van der Waals surface area contributed by atoms with Crippen LogP contribution >= 0.6 is 0 Å². The number of nitrogens with one attached hydrogen (secondary N) is 2. The molecule has 9 heteroatoms. The van der Waals surface area contributed by atoms with Crippen LogP contribution in [0, 0.1) is 0 Å². The molecule has 2 amide bonds. The van der Waals surface area contributed by atoms with Crippen LogP contribution in [0.2, 0.25) is 0 Å². The molecule has 0 saturated carbocycles. The molecule has 0 spiro atoms. The summed E-state index contributed by atoms with van der Waals surface area (Å²) in [6, 6.07) is 3.70. The standard InChI is InChI=1S/C18H29N5O4/c1-13(24)23-8-6-22(7-9-23)12-14-10-15(19-16(11-14)26-5)20-21-17(25)27-18(2,3)4/h10-11H,6-9,12H2,1-5H3,(H,19,20)(H,21,25). The summed E-state index contributed by atoms with van der Waals surface area (Å²) in [5, 5.41) is 0. The Labute approximate surface area is 160 Å². The molecule has 2 heterocycles. The Morgan fingerprint density at radius 1 is 1.19 bits per heavy atom. The second-order valence-corrected chi connectivity index (χ2v) is 7.44. The van der Waals surface area contributed by atoms with Crippen LogP contribution in [0.25, 0.3) is 0 Å². The molecule has 1 aromatic rings. The fourth-order valence-corrected chi connectivity index (χ4v) is 2.72. The lowest BCUT2D eigenvalue weighted by Crippen LogP contribution is -2.47. The van der Waals surface area contributed by atoms with Crippen LogP contribution in [-0.4, -0.2) is 65.7 Å². The zero-order chi connectivity index (χ0) is 20.0. The van der Waals surface area contributed by atoms with Gasteiger partial charge in [-0.05, 0) is 32.4 Å². The number of anilines is 1. The summed E-state index contributed by atoms with van der Waals surface area (Å²) in [4.78, 5) is 31.6. The minimum Gasteiger partial charge on any atom is -0.481 e. The molecule has 1 saturated heterocycles. The number of hydrazine groups is 1. The van der Waals surface area contributed by atoms with Crippen LogP contribution in [0.1, 0.15) is 33.3 Å². The smallest absolute Gasteiger partial charge is 0.426 e. The number of pyridine rings is 1. The first-order valence-electron chi connectivity index (χ1n) is 8.94. The molecular weight excluding hydrogens is 350 g/mol. The van der Waals surface area contributed by atoms with E-state index in [1.54, 1.807) is 34.8 Å². The van der Waals surface area contributed by atoms with E-state index >= 15 is 0 Å². The molecule has 0 unspecified atom stereocenters. The van der Waals surface area contributed by atoms with Gasteiger partial charge < -0.3 is 14.4 Å². The summed E-state index contributed by atoms with van der Waals surface area (Å²) in [5.74, 6) is 1.01. The van der Waals surface area contributed by atoms with E-state index in [-0.39, 0.29) is 5.91 Å². The number of piperazine rings is 1. The highest BCUT2D eigenvalue weighted by Crippen LogP contribution is 2.18. The van der Waals surface area contributed by atoms with Crippen LogP contribution in [0.3, 0.4) is 0 Å². The molecule has 1 aromatic heterocycles. The predicted molar refractivity (Wildman–Crippen MR) is 101 cm³/mol. The lowest BCUT2D eigenvalue weighted by molar-refractivity contribution is -0.130. The van der Waals surface area contributed by atoms with E-state index in [0.29, 0.717) is 18.2 Å². The Balaban J connectivity index is 1.96. The first-order chi connectivity index (χ1) is 12.7. The van der Waals surface area contributed by atoms with Gasteiger partial charge in [0.2, 0.25) is 11.8 Å². The summed E-state index contributed by atoms with van der Waals surface area (Å²) in [6.45, 7) is 10.7. The lowest BCUT2D eigenvalue weighted by Gasteiger charge is -2.34. The van der Waals surface area contributed by atoms with Gasteiger partial charge in [-0.25, -0.2) is 10.2 Å². The molecule has 0 aliphatic carbocycles. The summed E-state index contributed by atoms with van der Waals surface area (Å²) in [7, 11) is 1.54. The number of carbonyl (C=O) groups excluding carboxylic acids is 2. The zero-order valence-electron chi connectivity index (χ0n) is 16.7. The van der Waals surface area contributed by atoms with Gasteiger partial charge in [0.25, 0.3) is 0 Å². The van der Waals surface area contributed by atoms with Gasteiger partial charge in [-0.1, -0.05) is 0 Å². The van der Waals surface area contributed by atoms with Crippen LogP contribution in [0.15, 0.2) is 12.1 Å². The SMILES string of the molecule is COc1cc(CN2CCN(C(C)=O)CC2)cc(NNC(=O)OC(C)(C)C)n1. The monoisotopic (exact) mass is 379 g/mol. The van der Waals surface area contributed by atoms with Crippen LogP contribution in [0.5, 0.6) is 5.88 Å². The van der Waals surface area contributed by atoms with E-state index in [1.807, 2.05) is 17.0 Å². The van der Waals surface area contributed by atoms with Crippen molar-refractivity contribution in [1.82, 2.24) is 20.2 Å². The minimum absolute atomic E-state index is 0.111. The Kier molecular flexibility index (Phi) is 6.84. The molecule has 27 heavy (non-hydrogen) atoms. The van der Waals surface area contributed by atoms with Gasteiger partial charge in [0.05, 0.1) is 7.11 Å². The zero-order valence-corrected chi connectivity index (χ0v) is 16.7. The van der Waals surface area contributed by atoms with Crippen LogP contribution in [-0.2, 0) is 16.1 Å². The van der Waals surface area contributed by atoms with Crippen molar-refractivity contribution in [3.05, 3.63) is 17.7 Å². The summed E-state index contributed by atoms with van der Waals surface area (Å²) in [5.41, 5.74) is 5.63. The van der Waals surface area contributed by atoms with E-state index in [0.717, 1.165) is 31.7 Å². The van der Waals surface area contributed by atoms with Gasteiger partial charge in [-0.3, -0.25) is 15.1 Å². The molecule has 0 radical (unpaired) electrons. The second-order valence-electron chi connectivity index (χ2n) is 7.44. The van der Waals surface area contributed by atoms with Gasteiger partial charge in [0.1, 0.15) is 11.4 Å². The Morgan fingerprint density at radius 3 is 2.41 bits per heavy atom. The first kappa shape index (κ1) is 20.8. The quantitative estimate of drug-likeness (QED) is 0.750. The third-order valence-electron chi connectivity index (χ3n) is 3.99. The summed E-state index contributed by atoms with van der Waals surface area (Å²) < 4.78 is 10.4. The van der Waals surface area contributed by atoms with Gasteiger partial charge in [-0.2, -0.15) is 4.98 Å². The van der Waals surface area contributed by atoms with Gasteiger partial charge in [0, 0.05) is 45.7 Å². The predicted octanol–water partition coefficient (Wildman–Crippen LogP) is 1.61. The lowest BCUT2D eigenvalue weighted by atomic mass is 10.2. The fourth-order valence-electron chi connectivity index (χ4n) is 2.72. The van der Waals surface area contributed by atoms with Crippen molar-refractivity contribution >= 4 is 17.8 Å². The summed E-state index contributed by atoms with van der Waals surface area (Å²) in [6.07, 6.45) is -0.589. The van der Waals surface area contributed by atoms with E-state index in [2.05, 4.69) is 20.7 Å². The van der Waals surface area contributed by atoms with Gasteiger partial charge in [0.15, 0.2) is 0 Å². The Hall–Kier alpha value is -2.55. The number of carbonyl (C=O) groups is 2. The maximum absolute atomic E-state index is 11.8. The highest BCUT2D eigenvalue weighted by atomic mass is 16.6. The average molecular weight is 379 g/mol. The largest absolute Gasteiger partial charge is 0.481 e. The molecule has 0 bridgehead atoms. The third-order valence-corrected chi connectivity index (χ3v) is 3.99. The van der Waals surface area contributed by atoms with Crippen molar-refractivity contribution in [1.29, 1.82) is 0 Å². The first-order valence-corrected chi connectivity index (χ1v) is 8.94. The molecule has 150 valence electrons. The highest BCUT2D eigenvalue weighted by Gasteiger charge is 2.19. The highest BCUT2D eigenvalue weighted by molar-refractivity contribution is 5.73.